The SMILES string of the molecule is NC(=O)C1CCCC2(CCNC3OC32)C1. The quantitative estimate of drug-likeness (QED) is 0.614. The van der Waals surface area contributed by atoms with Crippen LogP contribution in [0.2, 0.25) is 0 Å². The summed E-state index contributed by atoms with van der Waals surface area (Å²) in [5.74, 6) is -0.0356. The minimum atomic E-state index is -0.121. The molecule has 4 atom stereocenters. The van der Waals surface area contributed by atoms with Crippen LogP contribution in [-0.4, -0.2) is 24.8 Å². The fourth-order valence-electron chi connectivity index (χ4n) is 3.46. The predicted octanol–water partition coefficient (Wildman–Crippen LogP) is 0.366. The summed E-state index contributed by atoms with van der Waals surface area (Å²) < 4.78 is 5.64. The van der Waals surface area contributed by atoms with Gasteiger partial charge in [-0.3, -0.25) is 10.1 Å². The first kappa shape index (κ1) is 9.60. The van der Waals surface area contributed by atoms with Crippen LogP contribution in [0.25, 0.3) is 0 Å². The second-order valence-corrected chi connectivity index (χ2v) is 5.24. The van der Waals surface area contributed by atoms with Gasteiger partial charge < -0.3 is 10.5 Å². The van der Waals surface area contributed by atoms with E-state index in [0.717, 1.165) is 32.2 Å². The van der Waals surface area contributed by atoms with Gasteiger partial charge in [0.1, 0.15) is 12.3 Å². The Kier molecular flexibility index (Phi) is 2.04. The number of hydrogen-bond donors (Lipinski definition) is 2. The normalized spacial score (nSPS) is 48.7. The lowest BCUT2D eigenvalue weighted by Crippen LogP contribution is -2.45. The van der Waals surface area contributed by atoms with E-state index >= 15 is 0 Å². The second-order valence-electron chi connectivity index (χ2n) is 5.24. The molecule has 0 aromatic carbocycles. The first-order chi connectivity index (χ1) is 7.21. The third-order valence-corrected chi connectivity index (χ3v) is 4.35. The fourth-order valence-corrected chi connectivity index (χ4v) is 3.46. The Morgan fingerprint density at radius 2 is 2.33 bits per heavy atom. The van der Waals surface area contributed by atoms with Crippen molar-refractivity contribution in [1.29, 1.82) is 0 Å². The standard InChI is InChI=1S/C11H18N2O2/c12-9(14)7-2-1-3-11(6-7)4-5-13-10-8(11)15-10/h7-8,10,13H,1-6H2,(H2,12,14). The molecule has 2 saturated heterocycles. The first-order valence-corrected chi connectivity index (χ1v) is 5.89. The summed E-state index contributed by atoms with van der Waals surface area (Å²) in [7, 11) is 0. The second kappa shape index (κ2) is 3.19. The molecular formula is C11H18N2O2. The molecule has 4 nitrogen and oxygen atoms in total. The van der Waals surface area contributed by atoms with E-state index in [9.17, 15) is 4.79 Å². The number of primary amides is 1. The lowest BCUT2D eigenvalue weighted by atomic mass is 9.64. The number of carbonyl (C=O) groups is 1. The predicted molar refractivity (Wildman–Crippen MR) is 54.9 cm³/mol. The van der Waals surface area contributed by atoms with E-state index in [1.54, 1.807) is 0 Å². The average molecular weight is 210 g/mol. The minimum Gasteiger partial charge on any atom is -0.369 e. The number of piperidine rings is 1. The van der Waals surface area contributed by atoms with Crippen LogP contribution in [0.15, 0.2) is 0 Å². The molecule has 3 fully saturated rings. The Balaban J connectivity index is 1.77. The zero-order valence-electron chi connectivity index (χ0n) is 8.87. The Bertz CT molecular complexity index is 290. The molecule has 1 aliphatic carbocycles. The van der Waals surface area contributed by atoms with Gasteiger partial charge in [-0.05, 0) is 32.2 Å². The summed E-state index contributed by atoms with van der Waals surface area (Å²) in [6, 6.07) is 0. The molecule has 4 unspecified atom stereocenters. The molecule has 1 saturated carbocycles. The molecule has 0 bridgehead atoms. The highest BCUT2D eigenvalue weighted by molar-refractivity contribution is 5.76. The number of epoxide rings is 1. The monoisotopic (exact) mass is 210 g/mol. The number of hydrogen-bond acceptors (Lipinski definition) is 3. The van der Waals surface area contributed by atoms with Gasteiger partial charge in [0, 0.05) is 11.3 Å². The van der Waals surface area contributed by atoms with E-state index in [4.69, 9.17) is 10.5 Å². The van der Waals surface area contributed by atoms with E-state index in [0.29, 0.717) is 6.10 Å². The Labute approximate surface area is 89.5 Å². The van der Waals surface area contributed by atoms with Crippen molar-refractivity contribution >= 4 is 5.91 Å². The molecular weight excluding hydrogens is 192 g/mol. The molecule has 15 heavy (non-hydrogen) atoms. The van der Waals surface area contributed by atoms with Crippen LogP contribution in [0.1, 0.15) is 32.1 Å². The molecule has 2 aliphatic heterocycles. The van der Waals surface area contributed by atoms with Crippen molar-refractivity contribution in [2.45, 2.75) is 44.4 Å². The molecule has 0 radical (unpaired) electrons. The molecule has 3 N–H and O–H groups in total. The van der Waals surface area contributed by atoms with E-state index < -0.39 is 0 Å². The average Bonchev–Trinajstić information content (AvgIpc) is 2.99. The molecule has 84 valence electrons. The van der Waals surface area contributed by atoms with Gasteiger partial charge in [0.05, 0.1) is 0 Å². The Morgan fingerprint density at radius 1 is 1.47 bits per heavy atom. The van der Waals surface area contributed by atoms with Crippen LogP contribution in [0.4, 0.5) is 0 Å². The number of carbonyl (C=O) groups excluding carboxylic acids is 1. The van der Waals surface area contributed by atoms with Gasteiger partial charge in [-0.2, -0.15) is 0 Å². The molecule has 3 rings (SSSR count). The van der Waals surface area contributed by atoms with Crippen LogP contribution in [0, 0.1) is 11.3 Å². The van der Waals surface area contributed by atoms with Gasteiger partial charge in [0.25, 0.3) is 0 Å². The van der Waals surface area contributed by atoms with Crippen LogP contribution < -0.4 is 11.1 Å². The zero-order valence-corrected chi connectivity index (χ0v) is 8.87. The first-order valence-electron chi connectivity index (χ1n) is 5.89. The van der Waals surface area contributed by atoms with Crippen molar-refractivity contribution in [2.24, 2.45) is 17.1 Å². The van der Waals surface area contributed by atoms with Crippen LogP contribution in [0.5, 0.6) is 0 Å². The molecule has 4 heteroatoms. The van der Waals surface area contributed by atoms with Gasteiger partial charge in [0.15, 0.2) is 0 Å². The third-order valence-electron chi connectivity index (χ3n) is 4.35. The number of amides is 1. The van der Waals surface area contributed by atoms with Crippen molar-refractivity contribution in [1.82, 2.24) is 5.32 Å². The molecule has 1 spiro atoms. The van der Waals surface area contributed by atoms with Gasteiger partial charge in [-0.1, -0.05) is 6.42 Å². The molecule has 3 aliphatic rings. The van der Waals surface area contributed by atoms with E-state index in [1.807, 2.05) is 0 Å². The fraction of sp³-hybridized carbons (Fsp3) is 0.909. The van der Waals surface area contributed by atoms with Crippen molar-refractivity contribution in [3.8, 4) is 0 Å². The highest BCUT2D eigenvalue weighted by Crippen LogP contribution is 2.53. The van der Waals surface area contributed by atoms with Crippen molar-refractivity contribution in [3.05, 3.63) is 0 Å². The summed E-state index contributed by atoms with van der Waals surface area (Å²) in [5, 5.41) is 3.33. The maximum absolute atomic E-state index is 11.3. The summed E-state index contributed by atoms with van der Waals surface area (Å²) in [6.45, 7) is 1.02. The van der Waals surface area contributed by atoms with Gasteiger partial charge in [-0.25, -0.2) is 0 Å². The van der Waals surface area contributed by atoms with Gasteiger partial charge >= 0.3 is 0 Å². The lowest BCUT2D eigenvalue weighted by Gasteiger charge is -2.41. The topological polar surface area (TPSA) is 67.7 Å². The summed E-state index contributed by atoms with van der Waals surface area (Å²) >= 11 is 0. The van der Waals surface area contributed by atoms with E-state index in [1.165, 1.54) is 6.42 Å². The minimum absolute atomic E-state index is 0.0849. The highest BCUT2D eigenvalue weighted by Gasteiger charge is 2.58. The number of fused-ring (bicyclic) bond motifs is 2. The summed E-state index contributed by atoms with van der Waals surface area (Å²) in [5.41, 5.74) is 5.68. The number of ether oxygens (including phenoxy) is 1. The van der Waals surface area contributed by atoms with Crippen LogP contribution in [0.3, 0.4) is 0 Å². The Morgan fingerprint density at radius 3 is 3.13 bits per heavy atom. The zero-order chi connectivity index (χ0) is 10.5. The molecule has 0 aromatic heterocycles. The maximum atomic E-state index is 11.3. The third kappa shape index (κ3) is 1.47. The molecule has 0 aromatic rings. The van der Waals surface area contributed by atoms with Gasteiger partial charge in [-0.15, -0.1) is 0 Å². The van der Waals surface area contributed by atoms with Crippen LogP contribution in [-0.2, 0) is 9.53 Å². The van der Waals surface area contributed by atoms with Crippen molar-refractivity contribution in [2.75, 3.05) is 6.54 Å². The summed E-state index contributed by atoms with van der Waals surface area (Å²) in [6.07, 6.45) is 6.02. The summed E-state index contributed by atoms with van der Waals surface area (Å²) in [4.78, 5) is 11.3. The van der Waals surface area contributed by atoms with Gasteiger partial charge in [0.2, 0.25) is 5.91 Å². The number of nitrogens with two attached hydrogens (primary N) is 1. The van der Waals surface area contributed by atoms with Crippen LogP contribution >= 0.6 is 0 Å². The molecule has 2 heterocycles. The van der Waals surface area contributed by atoms with Crippen molar-refractivity contribution < 1.29 is 9.53 Å². The maximum Gasteiger partial charge on any atom is 0.220 e. The smallest absolute Gasteiger partial charge is 0.220 e. The number of rotatable bonds is 1. The van der Waals surface area contributed by atoms with E-state index in [-0.39, 0.29) is 23.5 Å². The van der Waals surface area contributed by atoms with E-state index in [2.05, 4.69) is 5.32 Å². The highest BCUT2D eigenvalue weighted by atomic mass is 16.6. The number of nitrogens with one attached hydrogen (secondary N) is 1. The lowest BCUT2D eigenvalue weighted by molar-refractivity contribution is -0.124. The largest absolute Gasteiger partial charge is 0.369 e. The molecule has 1 amide bonds. The Hall–Kier alpha value is -0.610. The van der Waals surface area contributed by atoms with Crippen molar-refractivity contribution in [3.63, 3.8) is 0 Å².